The molecule has 3 nitrogen and oxygen atoms in total. The Bertz CT molecular complexity index is 869. The highest BCUT2D eigenvalue weighted by Crippen LogP contribution is 2.43. The van der Waals surface area contributed by atoms with Crippen molar-refractivity contribution in [1.82, 2.24) is 5.32 Å². The van der Waals surface area contributed by atoms with Crippen LogP contribution >= 0.6 is 0 Å². The predicted octanol–water partition coefficient (Wildman–Crippen LogP) is 6.72. The molecule has 0 saturated heterocycles. The molecule has 0 amide bonds. The van der Waals surface area contributed by atoms with Crippen LogP contribution in [0.3, 0.4) is 0 Å². The summed E-state index contributed by atoms with van der Waals surface area (Å²) in [5, 5.41) is 3.81. The normalized spacial score (nSPS) is 17.2. The van der Waals surface area contributed by atoms with Crippen LogP contribution in [-0.2, 0) is 9.22 Å². The van der Waals surface area contributed by atoms with Gasteiger partial charge in [-0.1, -0.05) is 81.4 Å². The van der Waals surface area contributed by atoms with Gasteiger partial charge in [0.25, 0.3) is 0 Å². The van der Waals surface area contributed by atoms with Crippen LogP contribution < -0.4 is 5.32 Å². The first-order valence-electron chi connectivity index (χ1n) is 10.9. The van der Waals surface area contributed by atoms with Gasteiger partial charge in [0.2, 0.25) is 0 Å². The smallest absolute Gasteiger partial charge is 0.193 e. The molecular weight excluding hydrogens is 386 g/mol. The summed E-state index contributed by atoms with van der Waals surface area (Å²) in [5.41, 5.74) is 3.34. The van der Waals surface area contributed by atoms with Crippen LogP contribution in [0, 0.1) is 0 Å². The van der Waals surface area contributed by atoms with Crippen LogP contribution in [0.4, 0.5) is 0 Å². The van der Waals surface area contributed by atoms with Crippen molar-refractivity contribution in [2.45, 2.75) is 70.3 Å². The zero-order valence-corrected chi connectivity index (χ0v) is 19.9. The first kappa shape index (κ1) is 22.5. The van der Waals surface area contributed by atoms with Crippen molar-refractivity contribution in [2.24, 2.45) is 0 Å². The van der Waals surface area contributed by atoms with Gasteiger partial charge in [-0.2, -0.15) is 0 Å². The molecule has 0 aliphatic heterocycles. The lowest BCUT2D eigenvalue weighted by Gasteiger charge is -2.42. The third-order valence-electron chi connectivity index (χ3n) is 6.36. The molecule has 1 aliphatic rings. The van der Waals surface area contributed by atoms with Crippen molar-refractivity contribution in [3.8, 4) is 0 Å². The molecule has 0 fully saturated rings. The second-order valence-electron chi connectivity index (χ2n) is 9.73. The Balaban J connectivity index is 2.05. The molecule has 2 aromatic carbocycles. The fourth-order valence-corrected chi connectivity index (χ4v) is 4.83. The van der Waals surface area contributed by atoms with Crippen LogP contribution in [0.1, 0.15) is 63.3 Å². The maximum atomic E-state index is 12.1. The molecule has 2 atom stereocenters. The molecule has 160 valence electrons. The molecule has 30 heavy (non-hydrogen) atoms. The summed E-state index contributed by atoms with van der Waals surface area (Å²) in [6.07, 6.45) is 4.08. The molecular formula is C26H35NO2Si. The van der Waals surface area contributed by atoms with Crippen molar-refractivity contribution in [2.75, 3.05) is 0 Å². The Kier molecular flexibility index (Phi) is 6.99. The summed E-state index contributed by atoms with van der Waals surface area (Å²) in [5.74, 6) is 0.206. The molecule has 0 unspecified atom stereocenters. The molecule has 0 bridgehead atoms. The fourth-order valence-electron chi connectivity index (χ4n) is 3.56. The number of ketones is 1. The van der Waals surface area contributed by atoms with E-state index in [9.17, 15) is 4.79 Å². The van der Waals surface area contributed by atoms with E-state index in [-0.39, 0.29) is 23.0 Å². The van der Waals surface area contributed by atoms with Crippen molar-refractivity contribution in [1.29, 1.82) is 0 Å². The predicted molar refractivity (Wildman–Crippen MR) is 127 cm³/mol. The first-order chi connectivity index (χ1) is 14.2. The van der Waals surface area contributed by atoms with Gasteiger partial charge in [-0.05, 0) is 42.1 Å². The number of benzene rings is 2. The number of carbonyl (C=O) groups is 1. The maximum absolute atomic E-state index is 12.1. The second kappa shape index (κ2) is 9.32. The second-order valence-corrected chi connectivity index (χ2v) is 14.5. The topological polar surface area (TPSA) is 38.3 Å². The average Bonchev–Trinajstić information content (AvgIpc) is 2.71. The average molecular weight is 422 g/mol. The molecule has 3 rings (SSSR count). The minimum atomic E-state index is -2.05. The van der Waals surface area contributed by atoms with Gasteiger partial charge in [-0.25, -0.2) is 0 Å². The number of hydrogen-bond acceptors (Lipinski definition) is 3. The number of rotatable bonds is 7. The summed E-state index contributed by atoms with van der Waals surface area (Å²) >= 11 is 0. The van der Waals surface area contributed by atoms with E-state index in [4.69, 9.17) is 4.43 Å². The maximum Gasteiger partial charge on any atom is 0.193 e. The molecule has 0 spiro atoms. The van der Waals surface area contributed by atoms with Gasteiger partial charge in [0.1, 0.15) is 0 Å². The largest absolute Gasteiger partial charge is 0.407 e. The van der Waals surface area contributed by atoms with E-state index in [1.807, 2.05) is 12.1 Å². The summed E-state index contributed by atoms with van der Waals surface area (Å²) < 4.78 is 7.04. The zero-order valence-electron chi connectivity index (χ0n) is 18.9. The molecule has 2 aromatic rings. The van der Waals surface area contributed by atoms with E-state index in [0.29, 0.717) is 6.42 Å². The number of hydrogen-bond donors (Lipinski definition) is 1. The van der Waals surface area contributed by atoms with Gasteiger partial charge in [0, 0.05) is 18.2 Å². The molecule has 4 heteroatoms. The Morgan fingerprint density at radius 1 is 0.900 bits per heavy atom. The molecule has 1 aliphatic carbocycles. The molecule has 0 aromatic heterocycles. The first-order valence-corrected chi connectivity index (χ1v) is 13.9. The van der Waals surface area contributed by atoms with E-state index in [0.717, 1.165) is 24.1 Å². The molecule has 1 N–H and O–H groups in total. The lowest BCUT2D eigenvalue weighted by atomic mass is 9.94. The van der Waals surface area contributed by atoms with Gasteiger partial charge in [0.05, 0.1) is 12.1 Å². The minimum Gasteiger partial charge on any atom is -0.407 e. The van der Waals surface area contributed by atoms with Gasteiger partial charge < -0.3 is 9.74 Å². The monoisotopic (exact) mass is 421 g/mol. The van der Waals surface area contributed by atoms with Gasteiger partial charge >= 0.3 is 0 Å². The highest BCUT2D eigenvalue weighted by atomic mass is 28.4. The van der Waals surface area contributed by atoms with Crippen molar-refractivity contribution >= 4 is 14.1 Å². The van der Waals surface area contributed by atoms with Crippen molar-refractivity contribution in [3.05, 3.63) is 83.6 Å². The molecule has 0 radical (unpaired) electrons. The Hall–Kier alpha value is -2.17. The van der Waals surface area contributed by atoms with E-state index in [2.05, 4.69) is 87.7 Å². The van der Waals surface area contributed by atoms with Crippen molar-refractivity contribution < 1.29 is 9.22 Å². The van der Waals surface area contributed by atoms with Gasteiger partial charge in [-0.3, -0.25) is 4.79 Å². The summed E-state index contributed by atoms with van der Waals surface area (Å²) in [6.45, 7) is 11.4. The number of nitrogens with one attached hydrogen (secondary N) is 1. The lowest BCUT2D eigenvalue weighted by molar-refractivity contribution is -0.115. The molecule has 0 saturated carbocycles. The van der Waals surface area contributed by atoms with Gasteiger partial charge in [0.15, 0.2) is 14.1 Å². The third kappa shape index (κ3) is 5.49. The van der Waals surface area contributed by atoms with Gasteiger partial charge in [-0.15, -0.1) is 0 Å². The Morgan fingerprint density at radius 2 is 1.47 bits per heavy atom. The summed E-state index contributed by atoms with van der Waals surface area (Å²) in [7, 11) is -2.05. The zero-order chi connectivity index (χ0) is 21.8. The van der Waals surface area contributed by atoms with Crippen LogP contribution in [0.2, 0.25) is 18.1 Å². The fraction of sp³-hybridized carbons (Fsp3) is 0.423. The van der Waals surface area contributed by atoms with Crippen molar-refractivity contribution in [3.63, 3.8) is 0 Å². The SMILES string of the molecule is CC(C)(C)[Si](C)(C)O[C@@H](c1ccccc1)[C@H](NC1=CC(=O)CCC1)c1ccccc1. The summed E-state index contributed by atoms with van der Waals surface area (Å²) in [6, 6.07) is 20.9. The minimum absolute atomic E-state index is 0.0696. The lowest BCUT2D eigenvalue weighted by Crippen LogP contribution is -2.44. The number of allylic oxidation sites excluding steroid dienone is 2. The van der Waals surface area contributed by atoms with E-state index < -0.39 is 8.32 Å². The highest BCUT2D eigenvalue weighted by Gasteiger charge is 2.41. The van der Waals surface area contributed by atoms with Crippen LogP contribution in [-0.4, -0.2) is 14.1 Å². The van der Waals surface area contributed by atoms with E-state index in [1.54, 1.807) is 6.08 Å². The summed E-state index contributed by atoms with van der Waals surface area (Å²) in [4.78, 5) is 12.1. The van der Waals surface area contributed by atoms with E-state index in [1.165, 1.54) is 5.56 Å². The van der Waals surface area contributed by atoms with Crippen LogP contribution in [0.15, 0.2) is 72.4 Å². The third-order valence-corrected chi connectivity index (χ3v) is 10.8. The van der Waals surface area contributed by atoms with Crippen LogP contribution in [0.25, 0.3) is 0 Å². The van der Waals surface area contributed by atoms with E-state index >= 15 is 0 Å². The van der Waals surface area contributed by atoms with Crippen LogP contribution in [0.5, 0.6) is 0 Å². The Labute approximate surface area is 182 Å². The standard InChI is InChI=1S/C26H35NO2Si/c1-26(2,3)30(4,5)29-25(21-15-10-7-11-16-21)24(20-13-8-6-9-14-20)27-22-17-12-18-23(28)19-22/h6-11,13-16,19,24-25,27H,12,17-18H2,1-5H3/t24-,25+/m1/s1. The molecule has 0 heterocycles. The highest BCUT2D eigenvalue weighted by molar-refractivity contribution is 6.74. The quantitative estimate of drug-likeness (QED) is 0.504. The Morgan fingerprint density at radius 3 is 2.00 bits per heavy atom. The number of carbonyl (C=O) groups excluding carboxylic acids is 1.